The van der Waals surface area contributed by atoms with Crippen molar-refractivity contribution in [3.63, 3.8) is 0 Å². The van der Waals surface area contributed by atoms with E-state index in [0.717, 1.165) is 34.1 Å². The van der Waals surface area contributed by atoms with Crippen LogP contribution in [0.3, 0.4) is 0 Å². The first-order valence-corrected chi connectivity index (χ1v) is 22.3. The zero-order chi connectivity index (χ0) is 32.2. The zero-order valence-electron chi connectivity index (χ0n) is 30.3. The van der Waals surface area contributed by atoms with Gasteiger partial charge in [0.05, 0.1) is 14.2 Å². The van der Waals surface area contributed by atoms with Crippen molar-refractivity contribution in [2.75, 3.05) is 14.2 Å². The summed E-state index contributed by atoms with van der Waals surface area (Å²) in [6.07, 6.45) is 28.6. The van der Waals surface area contributed by atoms with E-state index in [-0.39, 0.29) is 15.8 Å². The lowest BCUT2D eigenvalue weighted by Gasteiger charge is -2.42. The van der Waals surface area contributed by atoms with Crippen LogP contribution in [0.2, 0.25) is 0 Å². The van der Waals surface area contributed by atoms with Gasteiger partial charge in [0.15, 0.2) is 0 Å². The van der Waals surface area contributed by atoms with E-state index in [9.17, 15) is 0 Å². The minimum atomic E-state index is -0.270. The molecule has 4 heteroatoms. The predicted molar refractivity (Wildman–Crippen MR) is 205 cm³/mol. The number of benzene rings is 2. The van der Waals surface area contributed by atoms with Crippen LogP contribution in [-0.4, -0.2) is 36.9 Å². The summed E-state index contributed by atoms with van der Waals surface area (Å²) in [5.74, 6) is 2.23. The molecule has 46 heavy (non-hydrogen) atoms. The molecule has 0 saturated heterocycles. The predicted octanol–water partition coefficient (Wildman–Crippen LogP) is 12.1. The van der Waals surface area contributed by atoms with Gasteiger partial charge in [0, 0.05) is 0 Å². The second-order valence-electron chi connectivity index (χ2n) is 15.5. The molecule has 2 aromatic carbocycles. The molecule has 4 fully saturated rings. The number of hydrogen-bond acceptors (Lipinski definition) is 2. The summed E-state index contributed by atoms with van der Waals surface area (Å²) in [7, 11) is 3.27. The number of rotatable bonds is 9. The van der Waals surface area contributed by atoms with E-state index < -0.39 is 0 Å². The fraction of sp³-hybridized carbons (Fsp3) is 0.714. The maximum Gasteiger partial charge on any atom is 0.125 e. The standard InChI is InChI=1S/C42H64O2P2/c1-29-27-37(45(33-19-11-7-12-20-33)34-21-13-8-14-22-34)39(31(3)41(29)43-5)40-32(4)42(44-6)30(2)28-38(40)46(35-23-15-9-16-24-35)36-25-17-10-18-26-36/h27-28,33-36H,7-26H2,1-6H3. The minimum Gasteiger partial charge on any atom is -0.496 e. The van der Waals surface area contributed by atoms with Gasteiger partial charge in [-0.05, 0) is 158 Å². The van der Waals surface area contributed by atoms with Crippen LogP contribution in [0.15, 0.2) is 12.1 Å². The summed E-state index contributed by atoms with van der Waals surface area (Å²) >= 11 is 0. The topological polar surface area (TPSA) is 18.5 Å². The smallest absolute Gasteiger partial charge is 0.125 e. The van der Waals surface area contributed by atoms with Crippen molar-refractivity contribution in [3.05, 3.63) is 34.4 Å². The highest BCUT2D eigenvalue weighted by Crippen LogP contribution is 2.60. The average Bonchev–Trinajstić information content (AvgIpc) is 3.08. The highest BCUT2D eigenvalue weighted by molar-refractivity contribution is 7.68. The van der Waals surface area contributed by atoms with Gasteiger partial charge >= 0.3 is 0 Å². The van der Waals surface area contributed by atoms with E-state index in [1.165, 1.54) is 151 Å². The van der Waals surface area contributed by atoms with Crippen LogP contribution in [0.4, 0.5) is 0 Å². The van der Waals surface area contributed by atoms with Gasteiger partial charge in [-0.25, -0.2) is 0 Å². The molecule has 4 aliphatic rings. The summed E-state index contributed by atoms with van der Waals surface area (Å²) < 4.78 is 12.6. The van der Waals surface area contributed by atoms with Crippen molar-refractivity contribution in [1.29, 1.82) is 0 Å². The van der Waals surface area contributed by atoms with Crippen molar-refractivity contribution >= 4 is 26.5 Å². The maximum atomic E-state index is 6.30. The lowest BCUT2D eigenvalue weighted by atomic mass is 9.92. The molecule has 0 bridgehead atoms. The molecule has 0 heterocycles. The van der Waals surface area contributed by atoms with Crippen LogP contribution < -0.4 is 20.1 Å². The second-order valence-corrected chi connectivity index (χ2v) is 21.0. The number of hydrogen-bond donors (Lipinski definition) is 0. The zero-order valence-corrected chi connectivity index (χ0v) is 32.1. The van der Waals surface area contributed by atoms with E-state index in [1.54, 1.807) is 21.7 Å². The Labute approximate surface area is 285 Å². The first-order chi connectivity index (χ1) is 22.4. The van der Waals surface area contributed by atoms with E-state index in [4.69, 9.17) is 9.47 Å². The molecule has 0 aliphatic heterocycles. The van der Waals surface area contributed by atoms with E-state index in [1.807, 2.05) is 14.2 Å². The molecule has 4 saturated carbocycles. The van der Waals surface area contributed by atoms with Gasteiger partial charge in [-0.15, -0.1) is 0 Å². The number of aryl methyl sites for hydroxylation is 2. The van der Waals surface area contributed by atoms with E-state index in [2.05, 4.69) is 39.8 Å². The highest BCUT2D eigenvalue weighted by Gasteiger charge is 2.39. The Bertz CT molecular complexity index is 1170. The van der Waals surface area contributed by atoms with Gasteiger partial charge in [-0.3, -0.25) is 0 Å². The van der Waals surface area contributed by atoms with Crippen LogP contribution >= 0.6 is 15.8 Å². The maximum absolute atomic E-state index is 6.30. The molecule has 2 aromatic rings. The molecular weight excluding hydrogens is 598 g/mol. The molecule has 0 amide bonds. The molecule has 0 atom stereocenters. The quantitative estimate of drug-likeness (QED) is 0.249. The lowest BCUT2D eigenvalue weighted by molar-refractivity contribution is 0.408. The highest BCUT2D eigenvalue weighted by atomic mass is 31.1. The van der Waals surface area contributed by atoms with Crippen LogP contribution in [0.25, 0.3) is 11.1 Å². The van der Waals surface area contributed by atoms with E-state index in [0.29, 0.717) is 0 Å². The van der Waals surface area contributed by atoms with Gasteiger partial charge < -0.3 is 9.47 Å². The summed E-state index contributed by atoms with van der Waals surface area (Å²) in [4.78, 5) is 0. The normalized spacial score (nSPS) is 21.3. The SMILES string of the molecule is COc1c(C)cc(P(C2CCCCC2)C2CCCCC2)c(-c2c(P(C3CCCCC3)C3CCCCC3)cc(C)c(OC)c2C)c1C. The Morgan fingerprint density at radius 3 is 0.935 bits per heavy atom. The van der Waals surface area contributed by atoms with Crippen LogP contribution in [0.5, 0.6) is 11.5 Å². The third kappa shape index (κ3) is 7.11. The number of methoxy groups -OCH3 is 2. The monoisotopic (exact) mass is 662 g/mol. The van der Waals surface area contributed by atoms with E-state index >= 15 is 0 Å². The molecule has 0 radical (unpaired) electrons. The molecule has 0 aromatic heterocycles. The van der Waals surface area contributed by atoms with Gasteiger partial charge in [-0.2, -0.15) is 0 Å². The third-order valence-electron chi connectivity index (χ3n) is 12.5. The summed E-state index contributed by atoms with van der Waals surface area (Å²) in [5, 5.41) is 3.48. The van der Waals surface area contributed by atoms with Crippen molar-refractivity contribution in [1.82, 2.24) is 0 Å². The van der Waals surface area contributed by atoms with Gasteiger partial charge in [0.2, 0.25) is 0 Å². The minimum absolute atomic E-state index is 0.270. The van der Waals surface area contributed by atoms with Crippen LogP contribution in [-0.2, 0) is 0 Å². The fourth-order valence-electron chi connectivity index (χ4n) is 10.4. The second kappa shape index (κ2) is 16.1. The number of ether oxygens (including phenoxy) is 2. The van der Waals surface area contributed by atoms with Crippen molar-refractivity contribution in [2.45, 2.75) is 179 Å². The molecular formula is C42H64O2P2. The fourth-order valence-corrected chi connectivity index (χ4v) is 18.6. The third-order valence-corrected chi connectivity index (χ3v) is 19.5. The van der Waals surface area contributed by atoms with Crippen molar-refractivity contribution in [2.24, 2.45) is 0 Å². The molecule has 0 N–H and O–H groups in total. The van der Waals surface area contributed by atoms with Crippen molar-refractivity contribution in [3.8, 4) is 22.6 Å². The molecule has 254 valence electrons. The molecule has 6 rings (SSSR count). The summed E-state index contributed by atoms with van der Waals surface area (Å²) in [6, 6.07) is 5.32. The van der Waals surface area contributed by atoms with Gasteiger partial charge in [0.25, 0.3) is 0 Å². The first-order valence-electron chi connectivity index (χ1n) is 19.4. The summed E-state index contributed by atoms with van der Waals surface area (Å²) in [5.41, 5.74) is 12.1. The van der Waals surface area contributed by atoms with Crippen molar-refractivity contribution < 1.29 is 9.47 Å². The molecule has 0 unspecified atom stereocenters. The first kappa shape index (κ1) is 34.8. The largest absolute Gasteiger partial charge is 0.496 e. The summed E-state index contributed by atoms with van der Waals surface area (Å²) in [6.45, 7) is 9.49. The Morgan fingerprint density at radius 2 is 0.696 bits per heavy atom. The average molecular weight is 663 g/mol. The Morgan fingerprint density at radius 1 is 0.435 bits per heavy atom. The van der Waals surface area contributed by atoms with Gasteiger partial charge in [0.1, 0.15) is 11.5 Å². The molecule has 2 nitrogen and oxygen atoms in total. The van der Waals surface area contributed by atoms with Crippen LogP contribution in [0, 0.1) is 27.7 Å². The van der Waals surface area contributed by atoms with Gasteiger partial charge in [-0.1, -0.05) is 92.9 Å². The Balaban J connectivity index is 1.64. The Hall–Kier alpha value is -1.10. The van der Waals surface area contributed by atoms with Crippen LogP contribution in [0.1, 0.15) is 151 Å². The lowest BCUT2D eigenvalue weighted by Crippen LogP contribution is -2.31. The molecule has 4 aliphatic carbocycles. The molecule has 0 spiro atoms. The Kier molecular flexibility index (Phi) is 12.1.